The number of nitrogens with one attached hydrogen (secondary N) is 1. The normalized spacial score (nSPS) is 16.8. The van der Waals surface area contributed by atoms with Crippen LogP contribution in [-0.4, -0.2) is 36.0 Å². The molecule has 1 aliphatic heterocycles. The molecule has 0 saturated carbocycles. The highest BCUT2D eigenvalue weighted by Crippen LogP contribution is 2.33. The number of hydrogen-bond acceptors (Lipinski definition) is 3. The molecule has 1 unspecified atom stereocenters. The van der Waals surface area contributed by atoms with Crippen molar-refractivity contribution >= 4 is 28.4 Å². The van der Waals surface area contributed by atoms with Crippen LogP contribution in [-0.2, 0) is 0 Å². The second-order valence-corrected chi connectivity index (χ2v) is 7.60. The minimum atomic E-state index is -0.269. The summed E-state index contributed by atoms with van der Waals surface area (Å²) in [5.74, 6) is -0.269. The quantitative estimate of drug-likeness (QED) is 0.435. The Morgan fingerprint density at radius 3 is 2.38 bits per heavy atom. The monoisotopic (exact) mass is 427 g/mol. The fraction of sp³-hybridized carbons (Fsp3) is 0.148. The third kappa shape index (κ3) is 3.83. The van der Waals surface area contributed by atoms with Crippen LogP contribution in [0.15, 0.2) is 89.7 Å². The number of likely N-dealkylation sites (N-methyl/N-ethyl adjacent to an activating group) is 1. The van der Waals surface area contributed by atoms with Crippen LogP contribution in [0.3, 0.4) is 0 Å². The number of aliphatic hydroxyl groups is 1. The number of fused-ring (bicyclic) bond motifs is 2. The molecule has 2 heterocycles. The second kappa shape index (κ2) is 9.20. The molecule has 0 fully saturated rings. The number of benzodiazepines with no additional fused rings is 1. The topological polar surface area (TPSA) is 51.6 Å². The van der Waals surface area contributed by atoms with E-state index in [9.17, 15) is 4.39 Å². The Labute approximate surface area is 187 Å². The standard InChI is InChI=1S/C26H22FN3.CH4O/c1-17-24(15-18-16-28-23-13-7-4-9-19(18)23)29-26(20-10-3-6-12-22(20)27)21-11-5-8-14-25(21)30(17)2;1-2/h3-17,28H,1-2H3;2H,1H3/b24-15-;. The highest BCUT2D eigenvalue weighted by Gasteiger charge is 2.26. The number of halogens is 1. The van der Waals surface area contributed by atoms with Crippen LogP contribution in [0.4, 0.5) is 10.1 Å². The zero-order valence-corrected chi connectivity index (χ0v) is 18.4. The van der Waals surface area contributed by atoms with Gasteiger partial charge in [-0.25, -0.2) is 9.38 Å². The molecule has 2 N–H and O–H groups in total. The number of benzene rings is 3. The lowest BCUT2D eigenvalue weighted by Crippen LogP contribution is -2.29. The fourth-order valence-electron chi connectivity index (χ4n) is 4.06. The summed E-state index contributed by atoms with van der Waals surface area (Å²) >= 11 is 0. The number of H-pyrrole nitrogens is 1. The van der Waals surface area contributed by atoms with E-state index in [1.807, 2.05) is 42.6 Å². The van der Waals surface area contributed by atoms with Gasteiger partial charge < -0.3 is 15.0 Å². The van der Waals surface area contributed by atoms with Gasteiger partial charge in [-0.3, -0.25) is 0 Å². The minimum absolute atomic E-state index is 0.0177. The summed E-state index contributed by atoms with van der Waals surface area (Å²) in [6.07, 6.45) is 4.10. The smallest absolute Gasteiger partial charge is 0.132 e. The van der Waals surface area contributed by atoms with Crippen LogP contribution in [0.5, 0.6) is 0 Å². The van der Waals surface area contributed by atoms with Crippen LogP contribution >= 0.6 is 0 Å². The van der Waals surface area contributed by atoms with Crippen molar-refractivity contribution in [3.8, 4) is 0 Å². The first-order valence-electron chi connectivity index (χ1n) is 10.5. The van der Waals surface area contributed by atoms with Gasteiger partial charge in [-0.15, -0.1) is 0 Å². The first kappa shape index (κ1) is 21.5. The molecule has 5 rings (SSSR count). The predicted molar refractivity (Wildman–Crippen MR) is 131 cm³/mol. The van der Waals surface area contributed by atoms with Crippen LogP contribution in [0, 0.1) is 5.82 Å². The van der Waals surface area contributed by atoms with E-state index in [1.165, 1.54) is 6.07 Å². The summed E-state index contributed by atoms with van der Waals surface area (Å²) in [6.45, 7) is 2.13. The molecule has 1 aliphatic rings. The highest BCUT2D eigenvalue weighted by molar-refractivity contribution is 6.17. The van der Waals surface area contributed by atoms with Gasteiger partial charge in [-0.1, -0.05) is 48.5 Å². The van der Waals surface area contributed by atoms with Gasteiger partial charge in [0.2, 0.25) is 0 Å². The lowest BCUT2D eigenvalue weighted by molar-refractivity contribution is 0.399. The molecule has 4 nitrogen and oxygen atoms in total. The lowest BCUT2D eigenvalue weighted by atomic mass is 10.00. The largest absolute Gasteiger partial charge is 0.400 e. The van der Waals surface area contributed by atoms with Crippen LogP contribution in [0.2, 0.25) is 0 Å². The van der Waals surface area contributed by atoms with E-state index in [0.717, 1.165) is 40.5 Å². The second-order valence-electron chi connectivity index (χ2n) is 7.60. The third-order valence-corrected chi connectivity index (χ3v) is 5.84. The van der Waals surface area contributed by atoms with Gasteiger partial charge in [0.1, 0.15) is 5.82 Å². The predicted octanol–water partition coefficient (Wildman–Crippen LogP) is 5.63. The Morgan fingerprint density at radius 1 is 0.938 bits per heavy atom. The maximum atomic E-state index is 14.8. The molecular formula is C27H26FN3O. The number of aliphatic hydroxyl groups excluding tert-OH is 1. The van der Waals surface area contributed by atoms with Gasteiger partial charge in [0, 0.05) is 53.6 Å². The third-order valence-electron chi connectivity index (χ3n) is 5.84. The van der Waals surface area contributed by atoms with Crippen molar-refractivity contribution in [1.29, 1.82) is 0 Å². The van der Waals surface area contributed by atoms with Crippen LogP contribution in [0.25, 0.3) is 17.0 Å². The van der Waals surface area contributed by atoms with E-state index in [-0.39, 0.29) is 11.9 Å². The molecule has 0 saturated heterocycles. The average Bonchev–Trinajstić information content (AvgIpc) is 3.21. The van der Waals surface area contributed by atoms with Gasteiger partial charge in [-0.2, -0.15) is 0 Å². The first-order valence-corrected chi connectivity index (χ1v) is 10.5. The van der Waals surface area contributed by atoms with Gasteiger partial charge in [0.15, 0.2) is 0 Å². The Kier molecular flexibility index (Phi) is 6.19. The number of para-hydroxylation sites is 2. The fourth-order valence-corrected chi connectivity index (χ4v) is 4.06. The molecule has 0 radical (unpaired) electrons. The summed E-state index contributed by atoms with van der Waals surface area (Å²) in [6, 6.07) is 23.1. The van der Waals surface area contributed by atoms with Crippen molar-refractivity contribution in [3.63, 3.8) is 0 Å². The number of aliphatic imine (C=N–C) groups is 1. The van der Waals surface area contributed by atoms with Gasteiger partial charge in [0.25, 0.3) is 0 Å². The molecule has 0 amide bonds. The average molecular weight is 428 g/mol. The Morgan fingerprint density at radius 2 is 1.59 bits per heavy atom. The van der Waals surface area contributed by atoms with Crippen molar-refractivity contribution in [1.82, 2.24) is 4.98 Å². The molecule has 1 atom stereocenters. The Hall–Kier alpha value is -3.70. The zero-order chi connectivity index (χ0) is 22.7. The summed E-state index contributed by atoms with van der Waals surface area (Å²) in [5.41, 5.74) is 6.18. The maximum Gasteiger partial charge on any atom is 0.132 e. The number of anilines is 1. The molecule has 0 spiro atoms. The number of hydrogen-bond donors (Lipinski definition) is 2. The minimum Gasteiger partial charge on any atom is -0.400 e. The van der Waals surface area contributed by atoms with Crippen molar-refractivity contribution in [2.24, 2.45) is 4.99 Å². The molecule has 0 aliphatic carbocycles. The van der Waals surface area contributed by atoms with Gasteiger partial charge in [0.05, 0.1) is 17.5 Å². The van der Waals surface area contributed by atoms with Crippen molar-refractivity contribution in [3.05, 3.63) is 107 Å². The summed E-state index contributed by atoms with van der Waals surface area (Å²) in [5, 5.41) is 8.14. The first-order chi connectivity index (χ1) is 15.6. The lowest BCUT2D eigenvalue weighted by Gasteiger charge is -2.26. The molecule has 0 bridgehead atoms. The van der Waals surface area contributed by atoms with Crippen LogP contribution in [0.1, 0.15) is 23.6 Å². The van der Waals surface area contributed by atoms with E-state index in [4.69, 9.17) is 10.1 Å². The van der Waals surface area contributed by atoms with E-state index in [0.29, 0.717) is 11.3 Å². The van der Waals surface area contributed by atoms with Gasteiger partial charge >= 0.3 is 0 Å². The number of nitrogens with zero attached hydrogens (tertiary/aromatic N) is 2. The van der Waals surface area contributed by atoms with Gasteiger partial charge in [-0.05, 0) is 37.3 Å². The number of aromatic amines is 1. The number of aromatic nitrogens is 1. The Bertz CT molecular complexity index is 1310. The summed E-state index contributed by atoms with van der Waals surface area (Å²) in [4.78, 5) is 10.6. The molecule has 162 valence electrons. The molecule has 4 aromatic rings. The summed E-state index contributed by atoms with van der Waals surface area (Å²) < 4.78 is 14.8. The molecule has 32 heavy (non-hydrogen) atoms. The molecule has 3 aromatic carbocycles. The van der Waals surface area contributed by atoms with E-state index < -0.39 is 0 Å². The SMILES string of the molecule is CC1/C(=C/c2c[nH]c3ccccc23)N=C(c2ccccc2F)c2ccccc2N1C.CO. The van der Waals surface area contributed by atoms with E-state index in [2.05, 4.69) is 48.1 Å². The number of rotatable bonds is 2. The van der Waals surface area contributed by atoms with Crippen molar-refractivity contribution in [2.75, 3.05) is 19.1 Å². The van der Waals surface area contributed by atoms with E-state index in [1.54, 1.807) is 12.1 Å². The highest BCUT2D eigenvalue weighted by atomic mass is 19.1. The zero-order valence-electron chi connectivity index (χ0n) is 18.4. The summed E-state index contributed by atoms with van der Waals surface area (Å²) in [7, 11) is 3.06. The van der Waals surface area contributed by atoms with Crippen molar-refractivity contribution < 1.29 is 9.50 Å². The maximum absolute atomic E-state index is 14.8. The van der Waals surface area contributed by atoms with E-state index >= 15 is 0 Å². The molecule has 1 aromatic heterocycles. The molecular weight excluding hydrogens is 401 g/mol. The Balaban J connectivity index is 0.00000119. The van der Waals surface area contributed by atoms with Crippen LogP contribution < -0.4 is 4.90 Å². The molecule has 5 heteroatoms. The van der Waals surface area contributed by atoms with Crippen molar-refractivity contribution in [2.45, 2.75) is 13.0 Å².